The minimum atomic E-state index is 0.0166. The fourth-order valence-electron chi connectivity index (χ4n) is 2.55. The number of fused-ring (bicyclic) bond motifs is 1. The second-order valence-corrected chi connectivity index (χ2v) is 5.56. The number of halogens is 2. The van der Waals surface area contributed by atoms with Gasteiger partial charge in [-0.3, -0.25) is 4.79 Å². The van der Waals surface area contributed by atoms with Gasteiger partial charge < -0.3 is 10.6 Å². The molecule has 1 heterocycles. The van der Waals surface area contributed by atoms with Gasteiger partial charge >= 0.3 is 0 Å². The molecule has 90 valence electrons. The molecule has 0 bridgehead atoms. The summed E-state index contributed by atoms with van der Waals surface area (Å²) in [7, 11) is 0. The van der Waals surface area contributed by atoms with Crippen molar-refractivity contribution >= 4 is 29.1 Å². The van der Waals surface area contributed by atoms with Crippen molar-refractivity contribution in [3.05, 3.63) is 33.8 Å². The zero-order valence-electron chi connectivity index (χ0n) is 9.07. The third-order valence-electron chi connectivity index (χ3n) is 3.71. The van der Waals surface area contributed by atoms with Crippen molar-refractivity contribution in [2.45, 2.75) is 6.04 Å². The number of nitrogens with two attached hydrogens (primary N) is 1. The first-order chi connectivity index (χ1) is 8.08. The summed E-state index contributed by atoms with van der Waals surface area (Å²) in [6, 6.07) is 5.28. The van der Waals surface area contributed by atoms with E-state index in [1.807, 2.05) is 4.90 Å². The van der Waals surface area contributed by atoms with Crippen molar-refractivity contribution in [3.8, 4) is 0 Å². The number of piperidine rings is 1. The average Bonchev–Trinajstić information content (AvgIpc) is 2.78. The Balaban J connectivity index is 1.76. The zero-order valence-corrected chi connectivity index (χ0v) is 10.6. The summed E-state index contributed by atoms with van der Waals surface area (Å²) in [6.45, 7) is 1.54. The summed E-state index contributed by atoms with van der Waals surface area (Å²) in [4.78, 5) is 14.0. The molecule has 17 heavy (non-hydrogen) atoms. The lowest BCUT2D eigenvalue weighted by molar-refractivity contribution is 0.0773. The Bertz CT molecular complexity index is 479. The molecule has 1 aliphatic heterocycles. The van der Waals surface area contributed by atoms with Crippen molar-refractivity contribution in [1.29, 1.82) is 0 Å². The summed E-state index contributed by atoms with van der Waals surface area (Å²) >= 11 is 11.7. The maximum Gasteiger partial charge on any atom is 0.253 e. The maximum atomic E-state index is 12.2. The number of likely N-dealkylation sites (tertiary alicyclic amines) is 1. The molecule has 0 spiro atoms. The van der Waals surface area contributed by atoms with Crippen LogP contribution in [0.2, 0.25) is 10.0 Å². The molecule has 1 saturated heterocycles. The zero-order chi connectivity index (χ0) is 12.2. The second-order valence-electron chi connectivity index (χ2n) is 4.74. The highest BCUT2D eigenvalue weighted by Crippen LogP contribution is 2.44. The molecule has 5 heteroatoms. The Labute approximate surface area is 109 Å². The molecule has 2 N–H and O–H groups in total. The van der Waals surface area contributed by atoms with Crippen molar-refractivity contribution in [3.63, 3.8) is 0 Å². The van der Waals surface area contributed by atoms with E-state index in [1.54, 1.807) is 18.2 Å². The number of amides is 1. The number of hydrogen-bond acceptors (Lipinski definition) is 2. The van der Waals surface area contributed by atoms with Crippen molar-refractivity contribution in [2.24, 2.45) is 17.6 Å². The minimum absolute atomic E-state index is 0.0166. The predicted octanol–water partition coefficient (Wildman–Crippen LogP) is 2.02. The number of carbonyl (C=O) groups is 1. The first-order valence-corrected chi connectivity index (χ1v) is 6.33. The summed E-state index contributed by atoms with van der Waals surface area (Å²) in [5.41, 5.74) is 6.43. The summed E-state index contributed by atoms with van der Waals surface area (Å²) in [6.07, 6.45) is 0. The summed E-state index contributed by atoms with van der Waals surface area (Å²) in [5.74, 6) is 1.02. The largest absolute Gasteiger partial charge is 0.338 e. The van der Waals surface area contributed by atoms with Gasteiger partial charge in [0, 0.05) is 24.7 Å². The predicted molar refractivity (Wildman–Crippen MR) is 67.3 cm³/mol. The van der Waals surface area contributed by atoms with E-state index in [4.69, 9.17) is 28.9 Å². The van der Waals surface area contributed by atoms with Gasteiger partial charge in [0.1, 0.15) is 0 Å². The smallest absolute Gasteiger partial charge is 0.253 e. The van der Waals surface area contributed by atoms with Gasteiger partial charge in [0.2, 0.25) is 0 Å². The molecule has 1 aliphatic carbocycles. The number of nitrogens with zero attached hydrogens (tertiary/aromatic N) is 1. The van der Waals surface area contributed by atoms with Crippen LogP contribution in [0, 0.1) is 11.8 Å². The van der Waals surface area contributed by atoms with Crippen LogP contribution in [0.1, 0.15) is 10.4 Å². The van der Waals surface area contributed by atoms with E-state index in [0.29, 0.717) is 33.5 Å². The van der Waals surface area contributed by atoms with Crippen LogP contribution < -0.4 is 5.73 Å². The molecule has 1 amide bonds. The molecule has 1 aromatic carbocycles. The first-order valence-electron chi connectivity index (χ1n) is 5.58. The lowest BCUT2D eigenvalue weighted by Gasteiger charge is -2.19. The molecule has 2 unspecified atom stereocenters. The van der Waals surface area contributed by atoms with Gasteiger partial charge in [-0.25, -0.2) is 0 Å². The van der Waals surface area contributed by atoms with Crippen LogP contribution in [0.5, 0.6) is 0 Å². The van der Waals surface area contributed by atoms with Crippen LogP contribution in [0.25, 0.3) is 0 Å². The SMILES string of the molecule is NC1C2CN(C(=O)c3ccc(Cl)c(Cl)c3)CC12. The van der Waals surface area contributed by atoms with E-state index in [0.717, 1.165) is 13.1 Å². The van der Waals surface area contributed by atoms with E-state index in [-0.39, 0.29) is 5.91 Å². The molecular formula is C12H12Cl2N2O. The fourth-order valence-corrected chi connectivity index (χ4v) is 2.85. The van der Waals surface area contributed by atoms with Gasteiger partial charge in [0.05, 0.1) is 10.0 Å². The lowest BCUT2D eigenvalue weighted by Crippen LogP contribution is -2.33. The number of carbonyl (C=O) groups excluding carboxylic acids is 1. The van der Waals surface area contributed by atoms with Gasteiger partial charge in [-0.2, -0.15) is 0 Å². The van der Waals surface area contributed by atoms with Crippen LogP contribution in [-0.2, 0) is 0 Å². The third-order valence-corrected chi connectivity index (χ3v) is 4.45. The van der Waals surface area contributed by atoms with Gasteiger partial charge in [0.15, 0.2) is 0 Å². The first kappa shape index (κ1) is 11.3. The average molecular weight is 271 g/mol. The molecule has 1 saturated carbocycles. The van der Waals surface area contributed by atoms with Crippen LogP contribution >= 0.6 is 23.2 Å². The van der Waals surface area contributed by atoms with Crippen LogP contribution in [0.15, 0.2) is 18.2 Å². The van der Waals surface area contributed by atoms with Crippen molar-refractivity contribution < 1.29 is 4.79 Å². The molecule has 2 atom stereocenters. The third kappa shape index (κ3) is 1.82. The molecule has 2 fully saturated rings. The Hall–Kier alpha value is -0.770. The van der Waals surface area contributed by atoms with Gasteiger partial charge in [-0.05, 0) is 30.0 Å². The highest BCUT2D eigenvalue weighted by atomic mass is 35.5. The monoisotopic (exact) mass is 270 g/mol. The minimum Gasteiger partial charge on any atom is -0.338 e. The fraction of sp³-hybridized carbons (Fsp3) is 0.417. The normalized spacial score (nSPS) is 30.3. The van der Waals surface area contributed by atoms with Gasteiger partial charge in [-0.15, -0.1) is 0 Å². The molecule has 3 nitrogen and oxygen atoms in total. The Morgan fingerprint density at radius 2 is 1.88 bits per heavy atom. The van der Waals surface area contributed by atoms with Crippen LogP contribution in [0.4, 0.5) is 0 Å². The molecule has 3 rings (SSSR count). The Kier molecular flexibility index (Phi) is 2.58. The summed E-state index contributed by atoms with van der Waals surface area (Å²) < 4.78 is 0. The molecule has 0 radical (unpaired) electrons. The summed E-state index contributed by atoms with van der Waals surface area (Å²) in [5, 5.41) is 0.882. The molecule has 2 aliphatic rings. The number of benzene rings is 1. The highest BCUT2D eigenvalue weighted by Gasteiger charge is 2.54. The van der Waals surface area contributed by atoms with Crippen molar-refractivity contribution in [1.82, 2.24) is 4.90 Å². The topological polar surface area (TPSA) is 46.3 Å². The number of hydrogen-bond donors (Lipinski definition) is 1. The molecule has 1 aromatic rings. The van der Waals surface area contributed by atoms with Crippen LogP contribution in [-0.4, -0.2) is 29.9 Å². The van der Waals surface area contributed by atoms with E-state index in [9.17, 15) is 4.79 Å². The quantitative estimate of drug-likeness (QED) is 0.849. The van der Waals surface area contributed by atoms with Gasteiger partial charge in [0.25, 0.3) is 5.91 Å². The highest BCUT2D eigenvalue weighted by molar-refractivity contribution is 6.42. The van der Waals surface area contributed by atoms with Gasteiger partial charge in [-0.1, -0.05) is 23.2 Å². The maximum absolute atomic E-state index is 12.2. The standard InChI is InChI=1S/C12H12Cl2N2O/c13-9-2-1-6(3-10(9)14)12(17)16-4-7-8(5-16)11(7)15/h1-3,7-8,11H,4-5,15H2. The van der Waals surface area contributed by atoms with Crippen LogP contribution in [0.3, 0.4) is 0 Å². The van der Waals surface area contributed by atoms with E-state index in [2.05, 4.69) is 0 Å². The second kappa shape index (κ2) is 3.87. The molecule has 0 aromatic heterocycles. The lowest BCUT2D eigenvalue weighted by atomic mass is 10.2. The van der Waals surface area contributed by atoms with E-state index in [1.165, 1.54) is 0 Å². The Morgan fingerprint density at radius 3 is 2.47 bits per heavy atom. The number of rotatable bonds is 1. The van der Waals surface area contributed by atoms with Crippen molar-refractivity contribution in [2.75, 3.05) is 13.1 Å². The molecular weight excluding hydrogens is 259 g/mol. The Morgan fingerprint density at radius 1 is 1.24 bits per heavy atom. The van der Waals surface area contributed by atoms with E-state index >= 15 is 0 Å². The van der Waals surface area contributed by atoms with E-state index < -0.39 is 0 Å².